The molecule has 4 aromatic rings. The highest BCUT2D eigenvalue weighted by Gasteiger charge is 2.22. The molecule has 0 aliphatic heterocycles. The van der Waals surface area contributed by atoms with Crippen molar-refractivity contribution < 1.29 is 9.90 Å². The van der Waals surface area contributed by atoms with Crippen LogP contribution in [0.15, 0.2) is 42.9 Å². The van der Waals surface area contributed by atoms with Crippen LogP contribution >= 0.6 is 0 Å². The highest BCUT2D eigenvalue weighted by atomic mass is 16.3. The fourth-order valence-electron chi connectivity index (χ4n) is 3.58. The number of fused-ring (bicyclic) bond motifs is 1. The summed E-state index contributed by atoms with van der Waals surface area (Å²) in [5, 5.41) is 10.2. The molecule has 3 aromatic heterocycles. The van der Waals surface area contributed by atoms with Gasteiger partial charge in [-0.15, -0.1) is 0 Å². The van der Waals surface area contributed by atoms with Crippen LogP contribution in [-0.2, 0) is 0 Å². The van der Waals surface area contributed by atoms with Crippen molar-refractivity contribution in [3.05, 3.63) is 65.1 Å². The van der Waals surface area contributed by atoms with Crippen LogP contribution in [0.2, 0.25) is 0 Å². The first-order valence-electron chi connectivity index (χ1n) is 9.11. The summed E-state index contributed by atoms with van der Waals surface area (Å²) in [6, 6.07) is 7.26. The third-order valence-corrected chi connectivity index (χ3v) is 5.12. The van der Waals surface area contributed by atoms with Crippen molar-refractivity contribution in [3.63, 3.8) is 0 Å². The van der Waals surface area contributed by atoms with Crippen molar-refractivity contribution >= 4 is 17.2 Å². The number of anilines is 1. The van der Waals surface area contributed by atoms with Crippen molar-refractivity contribution in [1.29, 1.82) is 0 Å². The van der Waals surface area contributed by atoms with Gasteiger partial charge < -0.3 is 21.0 Å². The Morgan fingerprint density at radius 1 is 1.07 bits per heavy atom. The number of hydrogen-bond donors (Lipinski definition) is 3. The van der Waals surface area contributed by atoms with E-state index in [1.165, 1.54) is 0 Å². The molecule has 0 atom stereocenters. The second-order valence-corrected chi connectivity index (χ2v) is 7.18. The largest absolute Gasteiger partial charge is 0.508 e. The zero-order valence-corrected chi connectivity index (χ0v) is 16.4. The smallest absolute Gasteiger partial charge is 0.254 e. The fourth-order valence-corrected chi connectivity index (χ4v) is 3.58. The third-order valence-electron chi connectivity index (χ3n) is 5.12. The average molecular weight is 387 g/mol. The predicted molar refractivity (Wildman–Crippen MR) is 113 cm³/mol. The lowest BCUT2D eigenvalue weighted by Gasteiger charge is -2.16. The first kappa shape index (κ1) is 18.5. The van der Waals surface area contributed by atoms with E-state index < -0.39 is 5.91 Å². The van der Waals surface area contributed by atoms with Gasteiger partial charge in [-0.05, 0) is 55.2 Å². The quantitative estimate of drug-likeness (QED) is 0.498. The molecule has 146 valence electrons. The van der Waals surface area contributed by atoms with Gasteiger partial charge in [0.15, 0.2) is 5.65 Å². The molecule has 29 heavy (non-hydrogen) atoms. The van der Waals surface area contributed by atoms with E-state index in [0.29, 0.717) is 28.2 Å². The number of nitrogen functional groups attached to an aromatic ring is 1. The topological polar surface area (TPSA) is 120 Å². The van der Waals surface area contributed by atoms with Gasteiger partial charge in [0.25, 0.3) is 5.91 Å². The Labute approximate surface area is 167 Å². The standard InChI is InChI=1S/C22H21N5O2/c1-11-4-6-15(25-8-11)16-10-27-9-14(18-12(2)5-7-17(28)13(18)3)20(23)19(21(24)29)22(27)26-16/h4-10,28H,23H2,1-3H3,(H2,24,29). The van der Waals surface area contributed by atoms with E-state index in [2.05, 4.69) is 9.97 Å². The van der Waals surface area contributed by atoms with E-state index in [9.17, 15) is 9.90 Å². The molecule has 1 amide bonds. The zero-order chi connectivity index (χ0) is 20.9. The summed E-state index contributed by atoms with van der Waals surface area (Å²) in [6.45, 7) is 5.68. The number of hydrogen-bond acceptors (Lipinski definition) is 5. The van der Waals surface area contributed by atoms with E-state index in [1.54, 1.807) is 42.0 Å². The molecule has 0 saturated heterocycles. The van der Waals surface area contributed by atoms with Gasteiger partial charge in [0.2, 0.25) is 0 Å². The number of aromatic nitrogens is 3. The Morgan fingerprint density at radius 2 is 1.83 bits per heavy atom. The van der Waals surface area contributed by atoms with Crippen LogP contribution in [0.5, 0.6) is 5.75 Å². The number of nitrogens with two attached hydrogens (primary N) is 2. The van der Waals surface area contributed by atoms with Crippen LogP contribution < -0.4 is 11.5 Å². The average Bonchev–Trinajstić information content (AvgIpc) is 3.09. The minimum absolute atomic E-state index is 0.142. The van der Waals surface area contributed by atoms with Crippen molar-refractivity contribution in [2.45, 2.75) is 20.8 Å². The molecular formula is C22H21N5O2. The number of primary amides is 1. The number of aromatic hydroxyl groups is 1. The Hall–Kier alpha value is -3.87. The number of aryl methyl sites for hydroxylation is 2. The van der Waals surface area contributed by atoms with Gasteiger partial charge in [-0.3, -0.25) is 9.78 Å². The number of phenols is 1. The normalized spacial score (nSPS) is 11.1. The molecule has 0 aliphatic carbocycles. The summed E-state index contributed by atoms with van der Waals surface area (Å²) in [5.41, 5.74) is 18.1. The lowest BCUT2D eigenvalue weighted by Crippen LogP contribution is -2.16. The highest BCUT2D eigenvalue weighted by Crippen LogP contribution is 2.38. The molecule has 3 heterocycles. The molecular weight excluding hydrogens is 366 g/mol. The monoisotopic (exact) mass is 387 g/mol. The van der Waals surface area contributed by atoms with Gasteiger partial charge >= 0.3 is 0 Å². The van der Waals surface area contributed by atoms with Crippen LogP contribution in [0, 0.1) is 20.8 Å². The molecule has 0 fully saturated rings. The minimum atomic E-state index is -0.668. The predicted octanol–water partition coefficient (Wildman–Crippen LogP) is 3.38. The van der Waals surface area contributed by atoms with Crippen LogP contribution in [-0.4, -0.2) is 25.4 Å². The molecule has 0 radical (unpaired) electrons. The number of carbonyl (C=O) groups is 1. The Morgan fingerprint density at radius 3 is 2.48 bits per heavy atom. The van der Waals surface area contributed by atoms with Gasteiger partial charge in [-0.25, -0.2) is 4.98 Å². The summed E-state index contributed by atoms with van der Waals surface area (Å²) in [4.78, 5) is 21.2. The zero-order valence-electron chi connectivity index (χ0n) is 16.4. The van der Waals surface area contributed by atoms with E-state index in [0.717, 1.165) is 16.7 Å². The molecule has 1 aromatic carbocycles. The maximum absolute atomic E-state index is 12.3. The molecule has 0 spiro atoms. The number of nitrogens with zero attached hydrogens (tertiary/aromatic N) is 3. The molecule has 4 rings (SSSR count). The molecule has 0 unspecified atom stereocenters. The molecule has 0 saturated carbocycles. The number of phenolic OH excluding ortho intramolecular Hbond substituents is 1. The van der Waals surface area contributed by atoms with Crippen molar-refractivity contribution in [2.24, 2.45) is 5.73 Å². The second kappa shape index (κ2) is 6.63. The summed E-state index contributed by atoms with van der Waals surface area (Å²) >= 11 is 0. The number of benzene rings is 1. The molecule has 7 heteroatoms. The van der Waals surface area contributed by atoms with Crippen LogP contribution in [0.1, 0.15) is 27.0 Å². The second-order valence-electron chi connectivity index (χ2n) is 7.18. The molecule has 7 nitrogen and oxygen atoms in total. The van der Waals surface area contributed by atoms with Crippen LogP contribution in [0.3, 0.4) is 0 Å². The number of rotatable bonds is 3. The lowest BCUT2D eigenvalue weighted by atomic mass is 9.93. The van der Waals surface area contributed by atoms with Crippen molar-refractivity contribution in [2.75, 3.05) is 5.73 Å². The highest BCUT2D eigenvalue weighted by molar-refractivity contribution is 6.07. The number of amides is 1. The Bertz CT molecular complexity index is 1270. The molecule has 5 N–H and O–H groups in total. The van der Waals surface area contributed by atoms with E-state index in [1.807, 2.05) is 26.0 Å². The van der Waals surface area contributed by atoms with Crippen LogP contribution in [0.4, 0.5) is 5.69 Å². The van der Waals surface area contributed by atoms with Gasteiger partial charge in [-0.1, -0.05) is 12.1 Å². The number of imidazole rings is 1. The van der Waals surface area contributed by atoms with Gasteiger partial charge in [0.1, 0.15) is 17.0 Å². The molecule has 0 bridgehead atoms. The Kier molecular flexibility index (Phi) is 4.23. The summed E-state index contributed by atoms with van der Waals surface area (Å²) < 4.78 is 1.73. The van der Waals surface area contributed by atoms with Gasteiger partial charge in [0, 0.05) is 24.2 Å². The van der Waals surface area contributed by atoms with Crippen LogP contribution in [0.25, 0.3) is 28.2 Å². The lowest BCUT2D eigenvalue weighted by molar-refractivity contribution is 0.100. The van der Waals surface area contributed by atoms with Gasteiger partial charge in [-0.2, -0.15) is 0 Å². The minimum Gasteiger partial charge on any atom is -0.508 e. The SMILES string of the molecule is Cc1ccc(-c2cn3cc(-c4c(C)ccc(O)c4C)c(N)c(C(N)=O)c3n2)nc1. The molecule has 0 aliphatic rings. The van der Waals surface area contributed by atoms with E-state index in [4.69, 9.17) is 11.5 Å². The first-order chi connectivity index (χ1) is 13.8. The Balaban J connectivity index is 2.04. The summed E-state index contributed by atoms with van der Waals surface area (Å²) in [5.74, 6) is -0.514. The van der Waals surface area contributed by atoms with E-state index in [-0.39, 0.29) is 17.0 Å². The maximum atomic E-state index is 12.3. The fraction of sp³-hybridized carbons (Fsp3) is 0.136. The number of carbonyl (C=O) groups excluding carboxylic acids is 1. The van der Waals surface area contributed by atoms with Gasteiger partial charge in [0.05, 0.1) is 11.4 Å². The summed E-state index contributed by atoms with van der Waals surface area (Å²) in [7, 11) is 0. The van der Waals surface area contributed by atoms with Crippen molar-refractivity contribution in [3.8, 4) is 28.3 Å². The van der Waals surface area contributed by atoms with Crippen molar-refractivity contribution in [1.82, 2.24) is 14.4 Å². The summed E-state index contributed by atoms with van der Waals surface area (Å²) in [6.07, 6.45) is 5.35. The third kappa shape index (κ3) is 2.97. The van der Waals surface area contributed by atoms with E-state index >= 15 is 0 Å². The number of pyridine rings is 2. The maximum Gasteiger partial charge on any atom is 0.254 e. The first-order valence-corrected chi connectivity index (χ1v) is 9.11.